The Morgan fingerprint density at radius 1 is 0.861 bits per heavy atom. The second kappa shape index (κ2) is 9.32. The summed E-state index contributed by atoms with van der Waals surface area (Å²) in [6.45, 7) is 2.83. The molecule has 3 heterocycles. The number of hydrogen-bond donors (Lipinski definition) is 2. The molecule has 6 rings (SSSR count). The van der Waals surface area contributed by atoms with E-state index in [1.54, 1.807) is 6.20 Å². The number of benzene rings is 3. The fourth-order valence-corrected chi connectivity index (χ4v) is 4.55. The molecule has 1 unspecified atom stereocenters. The van der Waals surface area contributed by atoms with Gasteiger partial charge < -0.3 is 10.3 Å². The van der Waals surface area contributed by atoms with Gasteiger partial charge in [-0.2, -0.15) is 0 Å². The van der Waals surface area contributed by atoms with Crippen molar-refractivity contribution in [1.29, 1.82) is 0 Å². The molecule has 3 aromatic carbocycles. The van der Waals surface area contributed by atoms with E-state index in [4.69, 9.17) is 15.0 Å². The summed E-state index contributed by atoms with van der Waals surface area (Å²) >= 11 is 0. The summed E-state index contributed by atoms with van der Waals surface area (Å²) in [6, 6.07) is 30.4. The Kier molecular flexibility index (Phi) is 5.71. The summed E-state index contributed by atoms with van der Waals surface area (Å²) in [7, 11) is 0. The zero-order valence-corrected chi connectivity index (χ0v) is 19.8. The summed E-state index contributed by atoms with van der Waals surface area (Å²) in [4.78, 5) is 29.5. The van der Waals surface area contributed by atoms with Gasteiger partial charge in [-0.15, -0.1) is 0 Å². The molecule has 0 bridgehead atoms. The summed E-state index contributed by atoms with van der Waals surface area (Å²) < 4.78 is 0. The SMILES string of the molecule is CC(NCc1ccc(-c2nc3cc[nH]c(=O)c3cc2-c2ccccc2)cc1)C1N=c2ccccc2=N1. The first-order valence-electron chi connectivity index (χ1n) is 12.1. The lowest BCUT2D eigenvalue weighted by Crippen LogP contribution is -2.34. The van der Waals surface area contributed by atoms with Crippen molar-refractivity contribution in [3.05, 3.63) is 124 Å². The minimum atomic E-state index is -0.136. The summed E-state index contributed by atoms with van der Waals surface area (Å²) in [5.74, 6) is 0. The summed E-state index contributed by atoms with van der Waals surface area (Å²) in [5, 5.41) is 6.06. The maximum Gasteiger partial charge on any atom is 0.257 e. The molecule has 6 nitrogen and oxygen atoms in total. The van der Waals surface area contributed by atoms with Crippen molar-refractivity contribution in [3.8, 4) is 22.4 Å². The molecule has 2 N–H and O–H groups in total. The second-order valence-electron chi connectivity index (χ2n) is 9.02. The standard InChI is InChI=1S/C30H25N5O/c1-19(29-34-26-9-5-6-10-27(26)35-29)32-18-20-11-13-22(14-12-20)28-23(21-7-3-2-4-8-21)17-24-25(33-28)15-16-31-30(24)36/h2-17,19,29,32H,18H2,1H3,(H,31,36). The normalized spacial score (nSPS) is 13.7. The molecule has 0 spiro atoms. The van der Waals surface area contributed by atoms with Gasteiger partial charge in [0.1, 0.15) is 0 Å². The van der Waals surface area contributed by atoms with Gasteiger partial charge in [-0.1, -0.05) is 66.7 Å². The highest BCUT2D eigenvalue weighted by Gasteiger charge is 2.18. The number of para-hydroxylation sites is 2. The maximum atomic E-state index is 12.4. The second-order valence-corrected chi connectivity index (χ2v) is 9.02. The Bertz CT molecular complexity index is 1690. The molecule has 2 aromatic heterocycles. The Morgan fingerprint density at radius 2 is 1.56 bits per heavy atom. The van der Waals surface area contributed by atoms with Gasteiger partial charge in [0.05, 0.1) is 27.3 Å². The predicted octanol–water partition coefficient (Wildman–Crippen LogP) is 4.01. The van der Waals surface area contributed by atoms with E-state index in [9.17, 15) is 4.79 Å². The molecule has 1 atom stereocenters. The molecule has 0 saturated carbocycles. The van der Waals surface area contributed by atoms with Crippen molar-refractivity contribution in [2.24, 2.45) is 9.98 Å². The molecule has 1 aliphatic rings. The number of aromatic amines is 1. The van der Waals surface area contributed by atoms with E-state index < -0.39 is 0 Å². The smallest absolute Gasteiger partial charge is 0.257 e. The average molecular weight is 472 g/mol. The number of nitrogens with one attached hydrogen (secondary N) is 2. The first-order chi connectivity index (χ1) is 17.7. The third-order valence-electron chi connectivity index (χ3n) is 6.56. The third kappa shape index (κ3) is 4.23. The number of fused-ring (bicyclic) bond motifs is 2. The molecule has 0 amide bonds. The van der Waals surface area contributed by atoms with Crippen LogP contribution in [-0.2, 0) is 6.54 Å². The molecule has 5 aromatic rings. The topological polar surface area (TPSA) is 82.5 Å². The molecule has 1 aliphatic heterocycles. The van der Waals surface area contributed by atoms with Crippen LogP contribution in [0.2, 0.25) is 0 Å². The first-order valence-corrected chi connectivity index (χ1v) is 12.1. The van der Waals surface area contributed by atoms with Crippen molar-refractivity contribution in [2.45, 2.75) is 25.7 Å². The van der Waals surface area contributed by atoms with Gasteiger partial charge in [0.15, 0.2) is 6.17 Å². The molecule has 6 heteroatoms. The van der Waals surface area contributed by atoms with E-state index in [-0.39, 0.29) is 17.8 Å². The average Bonchev–Trinajstić information content (AvgIpc) is 3.37. The highest BCUT2D eigenvalue weighted by Crippen LogP contribution is 2.32. The van der Waals surface area contributed by atoms with E-state index in [0.717, 1.165) is 33.1 Å². The molecule has 36 heavy (non-hydrogen) atoms. The van der Waals surface area contributed by atoms with Crippen LogP contribution in [0.1, 0.15) is 12.5 Å². The third-order valence-corrected chi connectivity index (χ3v) is 6.56. The lowest BCUT2D eigenvalue weighted by Gasteiger charge is -2.17. The Hall–Kier alpha value is -4.42. The number of rotatable bonds is 6. The fraction of sp³-hybridized carbons (Fsp3) is 0.133. The van der Waals surface area contributed by atoms with E-state index in [2.05, 4.69) is 41.5 Å². The number of nitrogens with zero attached hydrogens (tertiary/aromatic N) is 3. The van der Waals surface area contributed by atoms with Crippen molar-refractivity contribution < 1.29 is 0 Å². The van der Waals surface area contributed by atoms with Crippen LogP contribution >= 0.6 is 0 Å². The van der Waals surface area contributed by atoms with Crippen molar-refractivity contribution >= 4 is 10.9 Å². The number of aromatic nitrogens is 2. The number of H-pyrrole nitrogens is 1. The minimum Gasteiger partial charge on any atom is -0.328 e. The van der Waals surface area contributed by atoms with E-state index >= 15 is 0 Å². The summed E-state index contributed by atoms with van der Waals surface area (Å²) in [5.41, 5.74) is 5.52. The van der Waals surface area contributed by atoms with Gasteiger partial charge in [0, 0.05) is 29.9 Å². The van der Waals surface area contributed by atoms with Crippen LogP contribution in [0, 0.1) is 0 Å². The Morgan fingerprint density at radius 3 is 2.28 bits per heavy atom. The quantitative estimate of drug-likeness (QED) is 0.393. The Balaban J connectivity index is 1.26. The molecule has 0 fully saturated rings. The molecule has 176 valence electrons. The highest BCUT2D eigenvalue weighted by atomic mass is 16.1. The van der Waals surface area contributed by atoms with Crippen molar-refractivity contribution in [1.82, 2.24) is 15.3 Å². The lowest BCUT2D eigenvalue weighted by atomic mass is 9.97. The van der Waals surface area contributed by atoms with Crippen LogP contribution < -0.4 is 21.6 Å². The van der Waals surface area contributed by atoms with Gasteiger partial charge in [0.25, 0.3) is 5.56 Å². The van der Waals surface area contributed by atoms with Crippen molar-refractivity contribution in [3.63, 3.8) is 0 Å². The Labute approximate surface area is 208 Å². The van der Waals surface area contributed by atoms with Gasteiger partial charge >= 0.3 is 0 Å². The van der Waals surface area contributed by atoms with Crippen LogP contribution in [0.15, 0.2) is 112 Å². The zero-order chi connectivity index (χ0) is 24.5. The molecule has 0 radical (unpaired) electrons. The van der Waals surface area contributed by atoms with Gasteiger partial charge in [-0.05, 0) is 42.3 Å². The minimum absolute atomic E-state index is 0.111. The zero-order valence-electron chi connectivity index (χ0n) is 19.8. The fourth-order valence-electron chi connectivity index (χ4n) is 4.55. The van der Waals surface area contributed by atoms with Crippen LogP contribution in [0.25, 0.3) is 33.3 Å². The van der Waals surface area contributed by atoms with Gasteiger partial charge in [-0.25, -0.2) is 4.98 Å². The van der Waals surface area contributed by atoms with Crippen LogP contribution in [0.5, 0.6) is 0 Å². The largest absolute Gasteiger partial charge is 0.328 e. The van der Waals surface area contributed by atoms with Crippen LogP contribution in [0.4, 0.5) is 0 Å². The number of pyridine rings is 2. The molecular weight excluding hydrogens is 446 g/mol. The maximum absolute atomic E-state index is 12.4. The highest BCUT2D eigenvalue weighted by molar-refractivity contribution is 5.91. The van der Waals surface area contributed by atoms with Gasteiger partial charge in [0.2, 0.25) is 0 Å². The number of hydrogen-bond acceptors (Lipinski definition) is 5. The summed E-state index contributed by atoms with van der Waals surface area (Å²) in [6.07, 6.45) is 1.53. The lowest BCUT2D eigenvalue weighted by molar-refractivity contribution is 0.466. The molecule has 0 saturated heterocycles. The van der Waals surface area contributed by atoms with Crippen LogP contribution in [-0.4, -0.2) is 22.2 Å². The van der Waals surface area contributed by atoms with E-state index in [1.165, 1.54) is 5.56 Å². The van der Waals surface area contributed by atoms with Crippen molar-refractivity contribution in [2.75, 3.05) is 0 Å². The predicted molar refractivity (Wildman–Crippen MR) is 142 cm³/mol. The first kappa shape index (κ1) is 22.1. The van der Waals surface area contributed by atoms with E-state index in [0.29, 0.717) is 17.4 Å². The monoisotopic (exact) mass is 471 g/mol. The van der Waals surface area contributed by atoms with Crippen LogP contribution in [0.3, 0.4) is 0 Å². The van der Waals surface area contributed by atoms with E-state index in [1.807, 2.05) is 66.7 Å². The molecule has 0 aliphatic carbocycles. The van der Waals surface area contributed by atoms with Gasteiger partial charge in [-0.3, -0.25) is 14.8 Å². The molecular formula is C30H25N5O.